The molecule has 1 N–H and O–H groups in total. The Morgan fingerprint density at radius 2 is 2.33 bits per heavy atom. The highest BCUT2D eigenvalue weighted by molar-refractivity contribution is 6.31. The van der Waals surface area contributed by atoms with Crippen molar-refractivity contribution >= 4 is 17.6 Å². The summed E-state index contributed by atoms with van der Waals surface area (Å²) >= 11 is 5.76. The van der Waals surface area contributed by atoms with Gasteiger partial charge in [-0.05, 0) is 38.0 Å². The molecule has 0 aromatic heterocycles. The number of hydrogen-bond acceptors (Lipinski definition) is 3. The maximum absolute atomic E-state index is 11.1. The first kappa shape index (κ1) is 13.2. The van der Waals surface area contributed by atoms with E-state index in [1.54, 1.807) is 12.1 Å². The maximum atomic E-state index is 11.1. The number of hydrogen-bond donors (Lipinski definition) is 1. The van der Waals surface area contributed by atoms with Crippen LogP contribution in [0.15, 0.2) is 18.2 Å². The van der Waals surface area contributed by atoms with Crippen molar-refractivity contribution < 1.29 is 19.4 Å². The first-order chi connectivity index (χ1) is 8.56. The number of carboxylic acids is 1. The predicted molar refractivity (Wildman–Crippen MR) is 67.5 cm³/mol. The molecule has 1 saturated heterocycles. The highest BCUT2D eigenvalue weighted by atomic mass is 35.5. The fourth-order valence-corrected chi connectivity index (χ4v) is 2.16. The summed E-state index contributed by atoms with van der Waals surface area (Å²) in [5, 5.41) is 9.43. The molecule has 2 rings (SSSR count). The number of ether oxygens (including phenoxy) is 2. The molecule has 1 aromatic carbocycles. The van der Waals surface area contributed by atoms with Gasteiger partial charge in [0.15, 0.2) is 0 Å². The Kier molecular flexibility index (Phi) is 4.09. The molecule has 1 aromatic rings. The number of benzene rings is 1. The molecule has 4 nitrogen and oxygen atoms in total. The van der Waals surface area contributed by atoms with Crippen LogP contribution in [0.2, 0.25) is 5.02 Å². The Bertz CT molecular complexity index is 447. The van der Waals surface area contributed by atoms with Crippen LogP contribution in [0.25, 0.3) is 0 Å². The fraction of sp³-hybridized carbons (Fsp3) is 0.462. The number of carboxylic acid groups (broad SMARTS) is 1. The van der Waals surface area contributed by atoms with Gasteiger partial charge in [0, 0.05) is 5.02 Å². The van der Waals surface area contributed by atoms with Crippen molar-refractivity contribution in [3.05, 3.63) is 28.8 Å². The lowest BCUT2D eigenvalue weighted by molar-refractivity contribution is 0.0259. The van der Waals surface area contributed by atoms with E-state index < -0.39 is 5.97 Å². The average molecular weight is 271 g/mol. The van der Waals surface area contributed by atoms with Gasteiger partial charge in [0.05, 0.1) is 12.2 Å². The summed E-state index contributed by atoms with van der Waals surface area (Å²) < 4.78 is 11.1. The molecule has 0 aliphatic carbocycles. The molecule has 0 amide bonds. The Balaban J connectivity index is 2.02. The van der Waals surface area contributed by atoms with Crippen molar-refractivity contribution in [2.24, 2.45) is 0 Å². The molecule has 1 aliphatic rings. The van der Waals surface area contributed by atoms with E-state index in [4.69, 9.17) is 26.2 Å². The van der Waals surface area contributed by atoms with Gasteiger partial charge in [0.2, 0.25) is 0 Å². The lowest BCUT2D eigenvalue weighted by atomic mass is 10.2. The highest BCUT2D eigenvalue weighted by Gasteiger charge is 2.23. The maximum Gasteiger partial charge on any atom is 0.339 e. The lowest BCUT2D eigenvalue weighted by Crippen LogP contribution is -2.18. The molecule has 0 radical (unpaired) electrons. The van der Waals surface area contributed by atoms with E-state index in [0.29, 0.717) is 17.4 Å². The minimum atomic E-state index is -1.05. The van der Waals surface area contributed by atoms with Crippen LogP contribution in [0.1, 0.15) is 30.1 Å². The van der Waals surface area contributed by atoms with Gasteiger partial charge in [0.25, 0.3) is 0 Å². The summed E-state index contributed by atoms with van der Waals surface area (Å²) in [4.78, 5) is 11.1. The molecular formula is C13H15ClO4. The van der Waals surface area contributed by atoms with Crippen LogP contribution < -0.4 is 4.74 Å². The molecule has 1 fully saturated rings. The minimum Gasteiger partial charge on any atom is -0.490 e. The topological polar surface area (TPSA) is 55.8 Å². The average Bonchev–Trinajstić information content (AvgIpc) is 2.73. The Morgan fingerprint density at radius 3 is 2.94 bits per heavy atom. The SMILES string of the molecule is CC1CCC(COc2ccc(Cl)cc2C(=O)O)O1. The largest absolute Gasteiger partial charge is 0.490 e. The van der Waals surface area contributed by atoms with Crippen molar-refractivity contribution in [2.75, 3.05) is 6.61 Å². The molecule has 0 saturated carbocycles. The zero-order chi connectivity index (χ0) is 13.1. The molecule has 1 heterocycles. The molecule has 1 aliphatic heterocycles. The van der Waals surface area contributed by atoms with E-state index in [0.717, 1.165) is 12.8 Å². The molecule has 2 atom stereocenters. The van der Waals surface area contributed by atoms with Crippen LogP contribution in [-0.4, -0.2) is 29.9 Å². The van der Waals surface area contributed by atoms with Crippen molar-refractivity contribution in [1.82, 2.24) is 0 Å². The first-order valence-electron chi connectivity index (χ1n) is 5.87. The smallest absolute Gasteiger partial charge is 0.339 e. The van der Waals surface area contributed by atoms with Crippen molar-refractivity contribution in [3.8, 4) is 5.75 Å². The third kappa shape index (κ3) is 3.15. The number of halogens is 1. The summed E-state index contributed by atoms with van der Waals surface area (Å²) in [7, 11) is 0. The van der Waals surface area contributed by atoms with E-state index in [1.165, 1.54) is 6.07 Å². The normalized spacial score (nSPS) is 23.0. The van der Waals surface area contributed by atoms with E-state index >= 15 is 0 Å². The van der Waals surface area contributed by atoms with E-state index in [9.17, 15) is 4.79 Å². The summed E-state index contributed by atoms with van der Waals surface area (Å²) in [6.07, 6.45) is 2.25. The van der Waals surface area contributed by atoms with Crippen molar-refractivity contribution in [3.63, 3.8) is 0 Å². The standard InChI is InChI=1S/C13H15ClO4/c1-8-2-4-10(18-8)7-17-12-5-3-9(14)6-11(12)13(15)16/h3,5-6,8,10H,2,4,7H2,1H3,(H,15,16). The van der Waals surface area contributed by atoms with Gasteiger partial charge in [-0.15, -0.1) is 0 Å². The van der Waals surface area contributed by atoms with Gasteiger partial charge in [-0.3, -0.25) is 0 Å². The van der Waals surface area contributed by atoms with Gasteiger partial charge < -0.3 is 14.6 Å². The number of rotatable bonds is 4. The number of carbonyl (C=O) groups is 1. The molecule has 98 valence electrons. The summed E-state index contributed by atoms with van der Waals surface area (Å²) in [5.74, 6) is -0.719. The Hall–Kier alpha value is -1.26. The van der Waals surface area contributed by atoms with Crippen LogP contribution in [0.3, 0.4) is 0 Å². The Labute approximate surface area is 110 Å². The van der Waals surface area contributed by atoms with Crippen LogP contribution in [0.5, 0.6) is 5.75 Å². The van der Waals surface area contributed by atoms with E-state index in [1.807, 2.05) is 6.92 Å². The second-order valence-electron chi connectivity index (χ2n) is 4.40. The van der Waals surface area contributed by atoms with Crippen LogP contribution >= 0.6 is 11.6 Å². The minimum absolute atomic E-state index is 0.0392. The molecule has 2 unspecified atom stereocenters. The monoisotopic (exact) mass is 270 g/mol. The molecule has 18 heavy (non-hydrogen) atoms. The van der Waals surface area contributed by atoms with Crippen LogP contribution in [0.4, 0.5) is 0 Å². The third-order valence-corrected chi connectivity index (χ3v) is 3.15. The fourth-order valence-electron chi connectivity index (χ4n) is 1.99. The van der Waals surface area contributed by atoms with Crippen molar-refractivity contribution in [2.45, 2.75) is 32.0 Å². The molecule has 0 spiro atoms. The lowest BCUT2D eigenvalue weighted by Gasteiger charge is -2.14. The highest BCUT2D eigenvalue weighted by Crippen LogP contribution is 2.25. The van der Waals surface area contributed by atoms with Gasteiger partial charge in [-0.1, -0.05) is 11.6 Å². The molecule has 5 heteroatoms. The van der Waals surface area contributed by atoms with Gasteiger partial charge in [0.1, 0.15) is 17.9 Å². The first-order valence-corrected chi connectivity index (χ1v) is 6.25. The van der Waals surface area contributed by atoms with Gasteiger partial charge >= 0.3 is 5.97 Å². The third-order valence-electron chi connectivity index (χ3n) is 2.92. The second kappa shape index (κ2) is 5.59. The zero-order valence-electron chi connectivity index (χ0n) is 10.1. The predicted octanol–water partition coefficient (Wildman–Crippen LogP) is 2.98. The Morgan fingerprint density at radius 1 is 1.56 bits per heavy atom. The van der Waals surface area contributed by atoms with Gasteiger partial charge in [-0.2, -0.15) is 0 Å². The van der Waals surface area contributed by atoms with Crippen molar-refractivity contribution in [1.29, 1.82) is 0 Å². The van der Waals surface area contributed by atoms with E-state index in [2.05, 4.69) is 0 Å². The molecule has 0 bridgehead atoms. The summed E-state index contributed by atoms with van der Waals surface area (Å²) in [6.45, 7) is 2.39. The summed E-state index contributed by atoms with van der Waals surface area (Å²) in [5.41, 5.74) is 0.0774. The quantitative estimate of drug-likeness (QED) is 0.914. The van der Waals surface area contributed by atoms with Gasteiger partial charge in [-0.25, -0.2) is 4.79 Å². The van der Waals surface area contributed by atoms with Crippen LogP contribution in [-0.2, 0) is 4.74 Å². The van der Waals surface area contributed by atoms with E-state index in [-0.39, 0.29) is 17.8 Å². The second-order valence-corrected chi connectivity index (χ2v) is 4.84. The zero-order valence-corrected chi connectivity index (χ0v) is 10.8. The summed E-state index contributed by atoms with van der Waals surface area (Å²) in [6, 6.07) is 4.57. The number of aromatic carboxylic acids is 1. The van der Waals surface area contributed by atoms with Crippen LogP contribution in [0, 0.1) is 0 Å². The molecular weight excluding hydrogens is 256 g/mol.